The Morgan fingerprint density at radius 1 is 1.12 bits per heavy atom. The predicted molar refractivity (Wildman–Crippen MR) is 120 cm³/mol. The van der Waals surface area contributed by atoms with Crippen LogP contribution in [0.4, 0.5) is 14.6 Å². The fourth-order valence-corrected chi connectivity index (χ4v) is 4.03. The Labute approximate surface area is 200 Å². The highest BCUT2D eigenvalue weighted by molar-refractivity contribution is 7.09. The summed E-state index contributed by atoms with van der Waals surface area (Å²) in [6, 6.07) is 2.14. The number of halogens is 3. The van der Waals surface area contributed by atoms with E-state index in [4.69, 9.17) is 11.6 Å². The standard InChI is InChI=1S/C20H17ClF2N8O2S/c1-8-18(30-31-27-8)15(3-10-7-34-9(2)24-10)25-20(33)16-6-17(29-28-16)26-19(32)11-4-13(22)14(23)5-12(11)21/h4-7,15H,3H2,1-2H3,(H,25,33)(H,27,30,31)(H2,26,28,29,32). The summed E-state index contributed by atoms with van der Waals surface area (Å²) in [5, 5.41) is 24.9. The Balaban J connectivity index is 1.48. The molecule has 0 aliphatic heterocycles. The van der Waals surface area contributed by atoms with Crippen molar-refractivity contribution in [1.29, 1.82) is 0 Å². The van der Waals surface area contributed by atoms with Gasteiger partial charge in [-0.1, -0.05) is 11.6 Å². The average molecular weight is 507 g/mol. The number of H-pyrrole nitrogens is 2. The second-order valence-electron chi connectivity index (χ2n) is 7.25. The van der Waals surface area contributed by atoms with Crippen molar-refractivity contribution in [2.75, 3.05) is 5.32 Å². The van der Waals surface area contributed by atoms with E-state index in [1.807, 2.05) is 12.3 Å². The molecule has 10 nitrogen and oxygen atoms in total. The van der Waals surface area contributed by atoms with Gasteiger partial charge in [0.05, 0.1) is 33.0 Å². The molecule has 1 unspecified atom stereocenters. The summed E-state index contributed by atoms with van der Waals surface area (Å²) in [6.45, 7) is 3.65. The van der Waals surface area contributed by atoms with Gasteiger partial charge in [-0.2, -0.15) is 20.5 Å². The van der Waals surface area contributed by atoms with Crippen LogP contribution in [-0.2, 0) is 6.42 Å². The van der Waals surface area contributed by atoms with E-state index in [0.717, 1.165) is 10.7 Å². The fourth-order valence-electron chi connectivity index (χ4n) is 3.17. The third kappa shape index (κ3) is 5.10. The number of nitrogens with zero attached hydrogens (tertiary/aromatic N) is 4. The number of carbonyl (C=O) groups is 2. The number of anilines is 1. The summed E-state index contributed by atoms with van der Waals surface area (Å²) in [5.41, 5.74) is 1.73. The molecule has 0 aliphatic carbocycles. The van der Waals surface area contributed by atoms with Gasteiger partial charge in [0.2, 0.25) is 0 Å². The molecule has 4 aromatic rings. The van der Waals surface area contributed by atoms with Gasteiger partial charge in [-0.25, -0.2) is 13.8 Å². The molecule has 1 aromatic carbocycles. The van der Waals surface area contributed by atoms with Crippen molar-refractivity contribution >= 4 is 40.6 Å². The minimum Gasteiger partial charge on any atom is -0.342 e. The number of aromatic amines is 2. The lowest BCUT2D eigenvalue weighted by Gasteiger charge is -2.15. The summed E-state index contributed by atoms with van der Waals surface area (Å²) >= 11 is 7.32. The number of benzene rings is 1. The number of amides is 2. The maximum absolute atomic E-state index is 13.5. The molecule has 0 bridgehead atoms. The Morgan fingerprint density at radius 2 is 1.88 bits per heavy atom. The van der Waals surface area contributed by atoms with Gasteiger partial charge < -0.3 is 10.6 Å². The first kappa shape index (κ1) is 23.4. The van der Waals surface area contributed by atoms with E-state index >= 15 is 0 Å². The molecule has 0 radical (unpaired) electrons. The number of aryl methyl sites for hydroxylation is 2. The second-order valence-corrected chi connectivity index (χ2v) is 8.72. The van der Waals surface area contributed by atoms with E-state index < -0.39 is 29.5 Å². The predicted octanol–water partition coefficient (Wildman–Crippen LogP) is 3.50. The van der Waals surface area contributed by atoms with Gasteiger partial charge in [0.25, 0.3) is 11.8 Å². The molecule has 1 atom stereocenters. The van der Waals surface area contributed by atoms with Crippen molar-refractivity contribution in [3.8, 4) is 0 Å². The van der Waals surface area contributed by atoms with Crippen LogP contribution < -0.4 is 10.6 Å². The molecule has 34 heavy (non-hydrogen) atoms. The summed E-state index contributed by atoms with van der Waals surface area (Å²) < 4.78 is 26.7. The number of aromatic nitrogens is 6. The number of hydrogen-bond acceptors (Lipinski definition) is 7. The van der Waals surface area contributed by atoms with Crippen LogP contribution in [0, 0.1) is 25.5 Å². The van der Waals surface area contributed by atoms with Gasteiger partial charge in [-0.3, -0.25) is 14.7 Å². The Hall–Kier alpha value is -3.71. The molecular weight excluding hydrogens is 490 g/mol. The number of rotatable bonds is 7. The summed E-state index contributed by atoms with van der Waals surface area (Å²) in [4.78, 5) is 29.7. The SMILES string of the molecule is Cc1nc(CC(NC(=O)c2cc(NC(=O)c3cc(F)c(F)cc3Cl)n[nH]2)c2n[nH]nc2C)cs1. The van der Waals surface area contributed by atoms with Crippen molar-refractivity contribution < 1.29 is 18.4 Å². The molecular formula is C20H17ClF2N8O2S. The molecule has 4 N–H and O–H groups in total. The van der Waals surface area contributed by atoms with Gasteiger partial charge in [0, 0.05) is 17.9 Å². The average Bonchev–Trinajstić information content (AvgIpc) is 3.52. The summed E-state index contributed by atoms with van der Waals surface area (Å²) in [5.74, 6) is -3.75. The Morgan fingerprint density at radius 3 is 2.56 bits per heavy atom. The zero-order chi connectivity index (χ0) is 24.4. The van der Waals surface area contributed by atoms with Crippen molar-refractivity contribution in [1.82, 2.24) is 35.9 Å². The molecule has 176 valence electrons. The third-order valence-corrected chi connectivity index (χ3v) is 5.93. The molecule has 3 aromatic heterocycles. The van der Waals surface area contributed by atoms with Crippen molar-refractivity contribution in [2.24, 2.45) is 0 Å². The van der Waals surface area contributed by atoms with Gasteiger partial charge >= 0.3 is 0 Å². The number of hydrogen-bond donors (Lipinski definition) is 4. The van der Waals surface area contributed by atoms with E-state index in [2.05, 4.69) is 41.2 Å². The quantitative estimate of drug-likeness (QED) is 0.283. The maximum atomic E-state index is 13.5. The number of nitrogens with one attached hydrogen (secondary N) is 4. The van der Waals surface area contributed by atoms with E-state index in [1.165, 1.54) is 17.4 Å². The van der Waals surface area contributed by atoms with E-state index in [-0.39, 0.29) is 22.1 Å². The highest BCUT2D eigenvalue weighted by atomic mass is 35.5. The van der Waals surface area contributed by atoms with E-state index in [1.54, 1.807) is 6.92 Å². The zero-order valence-corrected chi connectivity index (χ0v) is 19.3. The van der Waals surface area contributed by atoms with Gasteiger partial charge in [-0.15, -0.1) is 11.3 Å². The van der Waals surface area contributed by atoms with Crippen LogP contribution in [0.3, 0.4) is 0 Å². The monoisotopic (exact) mass is 506 g/mol. The van der Waals surface area contributed by atoms with Crippen LogP contribution in [0.1, 0.15) is 49.0 Å². The van der Waals surface area contributed by atoms with Crippen LogP contribution in [0.2, 0.25) is 5.02 Å². The molecule has 0 saturated carbocycles. The summed E-state index contributed by atoms with van der Waals surface area (Å²) in [6.07, 6.45) is 0.385. The molecule has 0 fully saturated rings. The van der Waals surface area contributed by atoms with Crippen molar-refractivity contribution in [3.05, 3.63) is 73.6 Å². The Bertz CT molecular complexity index is 1370. The Kier molecular flexibility index (Phi) is 6.65. The topological polar surface area (TPSA) is 141 Å². The summed E-state index contributed by atoms with van der Waals surface area (Å²) in [7, 11) is 0. The highest BCUT2D eigenvalue weighted by Crippen LogP contribution is 2.22. The van der Waals surface area contributed by atoms with Crippen LogP contribution >= 0.6 is 22.9 Å². The highest BCUT2D eigenvalue weighted by Gasteiger charge is 2.24. The van der Waals surface area contributed by atoms with Crippen LogP contribution in [0.15, 0.2) is 23.6 Å². The van der Waals surface area contributed by atoms with Gasteiger partial charge in [-0.05, 0) is 26.0 Å². The first-order valence-electron chi connectivity index (χ1n) is 9.81. The molecule has 0 saturated heterocycles. The number of thiazole rings is 1. The first-order chi connectivity index (χ1) is 16.2. The molecule has 4 rings (SSSR count). The van der Waals surface area contributed by atoms with Crippen LogP contribution in [0.25, 0.3) is 0 Å². The van der Waals surface area contributed by atoms with Crippen molar-refractivity contribution in [2.45, 2.75) is 26.3 Å². The van der Waals surface area contributed by atoms with Crippen LogP contribution in [0.5, 0.6) is 0 Å². The van der Waals surface area contributed by atoms with Gasteiger partial charge in [0.1, 0.15) is 11.4 Å². The third-order valence-electron chi connectivity index (χ3n) is 4.79. The smallest absolute Gasteiger partial charge is 0.269 e. The van der Waals surface area contributed by atoms with E-state index in [0.29, 0.717) is 29.9 Å². The fraction of sp³-hybridized carbons (Fsp3) is 0.200. The normalized spacial score (nSPS) is 11.9. The van der Waals surface area contributed by atoms with Crippen LogP contribution in [-0.4, -0.2) is 42.4 Å². The largest absolute Gasteiger partial charge is 0.342 e. The lowest BCUT2D eigenvalue weighted by atomic mass is 10.1. The number of carbonyl (C=O) groups excluding carboxylic acids is 2. The minimum atomic E-state index is -1.22. The molecule has 2 amide bonds. The lowest BCUT2D eigenvalue weighted by molar-refractivity contribution is 0.0929. The van der Waals surface area contributed by atoms with E-state index in [9.17, 15) is 18.4 Å². The molecule has 0 aliphatic rings. The maximum Gasteiger partial charge on any atom is 0.269 e. The zero-order valence-electron chi connectivity index (χ0n) is 17.7. The minimum absolute atomic E-state index is 0.0137. The lowest BCUT2D eigenvalue weighted by Crippen LogP contribution is -2.31. The molecule has 0 spiro atoms. The van der Waals surface area contributed by atoms with Crippen molar-refractivity contribution in [3.63, 3.8) is 0 Å². The molecule has 3 heterocycles. The second kappa shape index (κ2) is 9.65. The molecule has 14 heteroatoms. The first-order valence-corrected chi connectivity index (χ1v) is 11.1. The van der Waals surface area contributed by atoms with Gasteiger partial charge in [0.15, 0.2) is 17.5 Å².